The number of hydrogen-bond donors (Lipinski definition) is 4. The topological polar surface area (TPSA) is 207 Å². The van der Waals surface area contributed by atoms with Crippen molar-refractivity contribution in [1.82, 2.24) is 0 Å². The molecule has 0 bridgehead atoms. The maximum Gasteiger partial charge on any atom is -0.255 e. The molecule has 0 aliphatic heterocycles. The molecular weight excluding hydrogens is 128 g/mol. The molecule has 0 atom stereocenters. The van der Waals surface area contributed by atoms with Crippen molar-refractivity contribution >= 4 is 0 Å². The molecule has 60 valence electrons. The summed E-state index contributed by atoms with van der Waals surface area (Å²) in [7, 11) is 0. The molecular formula is H12O8. The Morgan fingerprint density at radius 1 is 0.375 bits per heavy atom. The van der Waals surface area contributed by atoms with Gasteiger partial charge >= 0.3 is 0 Å². The molecule has 0 aromatic rings. The lowest BCUT2D eigenvalue weighted by molar-refractivity contribution is -0.176. The minimum Gasteiger partial charge on any atom is -0.412 e. The minimum atomic E-state index is 0. The Labute approximate surface area is 44.3 Å². The molecule has 8 heteroatoms. The van der Waals surface area contributed by atoms with E-state index in [0.29, 0.717) is 0 Å². The third-order valence-electron chi connectivity index (χ3n) is 0. The first-order valence-corrected chi connectivity index (χ1v) is 0.400. The summed E-state index contributed by atoms with van der Waals surface area (Å²) in [5, 5.41) is 24.0. The van der Waals surface area contributed by atoms with Crippen molar-refractivity contribution in [2.24, 2.45) is 0 Å². The van der Waals surface area contributed by atoms with E-state index in [0.717, 1.165) is 0 Å². The summed E-state index contributed by atoms with van der Waals surface area (Å²) >= 11 is 0. The van der Waals surface area contributed by atoms with Gasteiger partial charge in [0.05, 0.1) is 0 Å². The molecule has 0 aliphatic rings. The van der Waals surface area contributed by atoms with Crippen LogP contribution in [0.2, 0.25) is 0 Å². The Morgan fingerprint density at radius 3 is 0.375 bits per heavy atom. The van der Waals surface area contributed by atoms with E-state index in [1.54, 1.807) is 0 Å². The molecule has 0 saturated carbocycles. The summed E-state index contributed by atoms with van der Waals surface area (Å²) in [5.41, 5.74) is 0. The highest BCUT2D eigenvalue weighted by Gasteiger charge is 0.747. The summed E-state index contributed by atoms with van der Waals surface area (Å²) < 4.78 is 0. The Morgan fingerprint density at radius 2 is 0.375 bits per heavy atom. The maximum atomic E-state index is 6.00. The van der Waals surface area contributed by atoms with Crippen LogP contribution in [0.25, 0.3) is 0 Å². The second-order valence-corrected chi connectivity index (χ2v) is 0. The molecule has 0 spiro atoms. The van der Waals surface area contributed by atoms with Crippen LogP contribution in [-0.4, -0.2) is 42.9 Å². The molecule has 0 unspecified atom stereocenters. The highest BCUT2D eigenvalue weighted by Crippen LogP contribution is 0.713. The van der Waals surface area contributed by atoms with Crippen molar-refractivity contribution in [3.63, 3.8) is 0 Å². The van der Waals surface area contributed by atoms with Gasteiger partial charge in [0.25, 0.3) is 0 Å². The van der Waals surface area contributed by atoms with Gasteiger partial charge in [0, 0.05) is 0 Å². The van der Waals surface area contributed by atoms with Crippen LogP contribution in [0.5, 0.6) is 0 Å². The summed E-state index contributed by atoms with van der Waals surface area (Å²) in [4.78, 5) is 0. The zero-order valence-corrected chi connectivity index (χ0v) is 3.79. The highest BCUT2D eigenvalue weighted by atomic mass is 17.0. The molecule has 0 fully saturated rings. The fourth-order valence-electron chi connectivity index (χ4n) is 0. The average Bonchev–Trinajstić information content (AvgIpc) is 1.50. The van der Waals surface area contributed by atoms with Crippen LogP contribution in [0.3, 0.4) is 0 Å². The summed E-state index contributed by atoms with van der Waals surface area (Å²) in [6.07, 6.45) is 0. The number of hydrogen-bond acceptors (Lipinski definition) is 4. The van der Waals surface area contributed by atoms with Gasteiger partial charge in [-0.05, 0) is 0 Å². The van der Waals surface area contributed by atoms with E-state index in [9.17, 15) is 0 Å². The van der Waals surface area contributed by atoms with Crippen LogP contribution in [0, 0.1) is 0 Å². The molecule has 0 aliphatic carbocycles. The van der Waals surface area contributed by atoms with Gasteiger partial charge in [-0.3, -0.25) is 21.0 Å². The van der Waals surface area contributed by atoms with E-state index in [4.69, 9.17) is 21.0 Å². The molecule has 0 heterocycles. The molecule has 0 saturated heterocycles. The Hall–Kier alpha value is -0.320. The van der Waals surface area contributed by atoms with Gasteiger partial charge in [0.2, 0.25) is 0 Å². The van der Waals surface area contributed by atoms with Crippen LogP contribution < -0.4 is 0 Å². The predicted octanol–water partition coefficient (Wildman–Crippen LogP) is -3.26. The lowest BCUT2D eigenvalue weighted by Crippen LogP contribution is -1.29. The standard InChI is InChI=1S/2H2O2.4H2O/c2*1-2;;;;/h2*1-2H;4*1H2. The summed E-state index contributed by atoms with van der Waals surface area (Å²) in [5.74, 6) is 0. The van der Waals surface area contributed by atoms with Gasteiger partial charge in [-0.25, -0.2) is 0 Å². The molecule has 0 aromatic carbocycles. The van der Waals surface area contributed by atoms with Crippen molar-refractivity contribution in [3.8, 4) is 0 Å². The zero-order chi connectivity index (χ0) is 4.00. The van der Waals surface area contributed by atoms with Crippen molar-refractivity contribution in [2.45, 2.75) is 0 Å². The van der Waals surface area contributed by atoms with E-state index in [1.165, 1.54) is 0 Å². The van der Waals surface area contributed by atoms with E-state index in [2.05, 4.69) is 0 Å². The Balaban J connectivity index is -0.00000000167. The van der Waals surface area contributed by atoms with E-state index in [-0.39, 0.29) is 21.9 Å². The third-order valence-corrected chi connectivity index (χ3v) is 0. The smallest absolute Gasteiger partial charge is 0.255 e. The first-order valence-electron chi connectivity index (χ1n) is 0.400. The fourth-order valence-corrected chi connectivity index (χ4v) is 0. The van der Waals surface area contributed by atoms with E-state index >= 15 is 0 Å². The maximum absolute atomic E-state index is 6.00. The average molecular weight is 140 g/mol. The second kappa shape index (κ2) is 2100. The van der Waals surface area contributed by atoms with Crippen molar-refractivity contribution in [3.05, 3.63) is 0 Å². The second-order valence-electron chi connectivity index (χ2n) is 0. The minimum absolute atomic E-state index is 0. The summed E-state index contributed by atoms with van der Waals surface area (Å²) in [6.45, 7) is 0. The molecule has 12 N–H and O–H groups in total. The third kappa shape index (κ3) is 1210. The molecule has 0 aromatic heterocycles. The first kappa shape index (κ1) is 121. The van der Waals surface area contributed by atoms with Crippen LogP contribution in [0.4, 0.5) is 0 Å². The Kier molecular flexibility index (Phi) is 31900. The molecule has 8 heavy (non-hydrogen) atoms. The summed E-state index contributed by atoms with van der Waals surface area (Å²) in [6, 6.07) is 0. The van der Waals surface area contributed by atoms with Gasteiger partial charge in [0.15, 0.2) is 0 Å². The van der Waals surface area contributed by atoms with E-state index in [1.807, 2.05) is 0 Å². The van der Waals surface area contributed by atoms with Gasteiger partial charge in [-0.2, -0.15) is 0 Å². The zero-order valence-electron chi connectivity index (χ0n) is 3.79. The SMILES string of the molecule is O.O.O.O.OO.OO. The lowest BCUT2D eigenvalue weighted by atomic mass is 15.0. The van der Waals surface area contributed by atoms with Crippen LogP contribution >= 0.6 is 0 Å². The molecule has 8 nitrogen and oxygen atoms in total. The van der Waals surface area contributed by atoms with E-state index < -0.39 is 0 Å². The largest absolute Gasteiger partial charge is 0.412 e. The Bertz CT molecular complexity index is 0. The van der Waals surface area contributed by atoms with Crippen molar-refractivity contribution in [2.75, 3.05) is 0 Å². The fraction of sp³-hybridized carbons (Fsp3) is 0. The van der Waals surface area contributed by atoms with Crippen LogP contribution in [-0.2, 0) is 0 Å². The van der Waals surface area contributed by atoms with Gasteiger partial charge in [-0.15, -0.1) is 0 Å². The van der Waals surface area contributed by atoms with Gasteiger partial charge in [-0.1, -0.05) is 0 Å². The molecule has 0 amide bonds. The van der Waals surface area contributed by atoms with Crippen molar-refractivity contribution < 1.29 is 42.9 Å². The van der Waals surface area contributed by atoms with Gasteiger partial charge in [0.1, 0.15) is 0 Å². The normalized spacial score (nSPS) is 1.50. The molecule has 0 rings (SSSR count). The first-order chi connectivity index (χ1) is 2.00. The molecule has 0 radical (unpaired) electrons. The number of rotatable bonds is 0. The van der Waals surface area contributed by atoms with Crippen molar-refractivity contribution in [1.29, 1.82) is 0 Å². The lowest BCUT2D eigenvalue weighted by Gasteiger charge is -1.25. The predicted molar refractivity (Wildman–Crippen MR) is 25.0 cm³/mol. The van der Waals surface area contributed by atoms with Crippen LogP contribution in [0.1, 0.15) is 0 Å². The quantitative estimate of drug-likeness (QED) is 0.201. The van der Waals surface area contributed by atoms with Gasteiger partial charge < -0.3 is 21.9 Å². The van der Waals surface area contributed by atoms with Crippen LogP contribution in [0.15, 0.2) is 0 Å². The highest BCUT2D eigenvalue weighted by molar-refractivity contribution is 1.83. The monoisotopic (exact) mass is 140 g/mol.